The van der Waals surface area contributed by atoms with Crippen LogP contribution in [0, 0.1) is 0 Å². The molecule has 66 heavy (non-hydrogen) atoms. The third kappa shape index (κ3) is 10.0. The highest BCUT2D eigenvalue weighted by atomic mass is 16.8. The number of rotatable bonds is 6. The zero-order chi connectivity index (χ0) is 48.0. The second-order valence-corrected chi connectivity index (χ2v) is 16.8. The van der Waals surface area contributed by atoms with E-state index in [0.717, 1.165) is 0 Å². The minimum Gasteiger partial charge on any atom is -0.394 e. The molecule has 6 unspecified atom stereocenters. The molecule has 18 N–H and O–H groups in total. The van der Waals surface area contributed by atoms with E-state index < -0.39 is 224 Å². The van der Waals surface area contributed by atoms with E-state index in [1.54, 1.807) is 0 Å². The lowest BCUT2D eigenvalue weighted by Gasteiger charge is -2.50. The highest BCUT2D eigenvalue weighted by molar-refractivity contribution is 5.01. The van der Waals surface area contributed by atoms with E-state index in [2.05, 4.69) is 0 Å². The fourth-order valence-electron chi connectivity index (χ4n) is 8.93. The average Bonchev–Trinajstić information content (AvgIpc) is 3.31. The van der Waals surface area contributed by atoms with Crippen LogP contribution in [0.5, 0.6) is 0 Å². The minimum atomic E-state index is -2.15. The van der Waals surface area contributed by atoms with Crippen LogP contribution in [0.15, 0.2) is 0 Å². The molecule has 30 heteroatoms. The normalized spacial score (nSPS) is 55.4. The summed E-state index contributed by atoms with van der Waals surface area (Å²) in [6, 6.07) is 0. The molecular formula is C36H60O30. The van der Waals surface area contributed by atoms with E-state index in [1.165, 1.54) is 0 Å². The van der Waals surface area contributed by atoms with Gasteiger partial charge in [0.15, 0.2) is 37.7 Å². The molecule has 22 aliphatic heterocycles. The van der Waals surface area contributed by atoms with Crippen molar-refractivity contribution in [3.05, 3.63) is 0 Å². The van der Waals surface area contributed by atoms with Crippen LogP contribution in [0.3, 0.4) is 0 Å². The summed E-state index contributed by atoms with van der Waals surface area (Å²) in [4.78, 5) is 0. The number of aliphatic hydroxyl groups is 18. The lowest BCUT2D eigenvalue weighted by molar-refractivity contribution is -0.404. The first kappa shape index (κ1) is 52.6. The molecule has 22 rings (SSSR count). The molecule has 22 aliphatic rings. The second kappa shape index (κ2) is 22.1. The summed E-state index contributed by atoms with van der Waals surface area (Å²) in [6.07, 6.45) is -58.5. The highest BCUT2D eigenvalue weighted by Crippen LogP contribution is 2.38. The Bertz CT molecular complexity index is 1230. The third-order valence-electron chi connectivity index (χ3n) is 12.7. The summed E-state index contributed by atoms with van der Waals surface area (Å²) in [7, 11) is 0. The smallest absolute Gasteiger partial charge is 0.187 e. The summed E-state index contributed by atoms with van der Waals surface area (Å²) in [5.74, 6) is 0. The molecular weight excluding hydrogens is 912 g/mol. The predicted molar refractivity (Wildman–Crippen MR) is 196 cm³/mol. The van der Waals surface area contributed by atoms with Gasteiger partial charge in [0, 0.05) is 0 Å². The number of hydrogen-bond donors (Lipinski definition) is 18. The lowest BCUT2D eigenvalue weighted by atomic mass is 9.94. The molecule has 384 valence electrons. The Hall–Kier alpha value is -1.20. The molecule has 0 spiro atoms. The first-order valence-electron chi connectivity index (χ1n) is 21.1. The van der Waals surface area contributed by atoms with Gasteiger partial charge in [0.1, 0.15) is 146 Å². The number of hydrogen-bond acceptors (Lipinski definition) is 30. The molecule has 0 aliphatic carbocycles. The van der Waals surface area contributed by atoms with Crippen molar-refractivity contribution in [3.63, 3.8) is 0 Å². The quantitative estimate of drug-likeness (QED) is 0.117. The van der Waals surface area contributed by atoms with Gasteiger partial charge in [0.05, 0.1) is 39.6 Å². The summed E-state index contributed by atoms with van der Waals surface area (Å²) in [5.41, 5.74) is 0. The van der Waals surface area contributed by atoms with Crippen LogP contribution < -0.4 is 0 Å². The molecule has 0 aromatic rings. The maximum Gasteiger partial charge on any atom is 0.187 e. The van der Waals surface area contributed by atoms with Crippen molar-refractivity contribution < 1.29 is 149 Å². The standard InChI is InChI=1S/C36H60O30/c37-1-7-25-13(43)19(49)31(55-7)62-26-8(2-38)57-33(21(51)15(26)45)64-28-10(4-40)59-35(23(53)17(28)47)66-30-12(6-42)60-36(24(54)18(30)48)65-29-11(5-41)58-34(22(52)16(29)46)63-27-9(3-39)56-32(61-25)20(50)14(27)44/h7-54H,1-6H2/t7-,8-,9-,10-,11-,12-,13-,14-,15-,16-,17-,18-,19-,20-,21-,22-,23-,24-,25-,26-,27-,28-,29-,30-,31?,32?,33?,34?,35?,36?/m1/s1. The Morgan fingerprint density at radius 3 is 0.409 bits per heavy atom. The van der Waals surface area contributed by atoms with E-state index in [-0.39, 0.29) is 0 Å². The topological polar surface area (TPSA) is 475 Å². The Balaban J connectivity index is 1.19. The van der Waals surface area contributed by atoms with E-state index in [4.69, 9.17) is 56.8 Å². The molecule has 0 aromatic heterocycles. The zero-order valence-electron chi connectivity index (χ0n) is 34.5. The van der Waals surface area contributed by atoms with Gasteiger partial charge >= 0.3 is 0 Å². The van der Waals surface area contributed by atoms with Crippen molar-refractivity contribution in [2.45, 2.75) is 184 Å². The fraction of sp³-hybridized carbons (Fsp3) is 1.00. The number of aliphatic hydroxyl groups excluding tert-OH is 18. The summed E-state index contributed by atoms with van der Waals surface area (Å²) in [5, 5.41) is 196. The lowest BCUT2D eigenvalue weighted by Crippen LogP contribution is -2.69. The molecule has 12 bridgehead atoms. The maximum absolute atomic E-state index is 11.2. The van der Waals surface area contributed by atoms with E-state index in [9.17, 15) is 91.9 Å². The van der Waals surface area contributed by atoms with Crippen molar-refractivity contribution in [3.8, 4) is 0 Å². The van der Waals surface area contributed by atoms with Crippen molar-refractivity contribution in [2.24, 2.45) is 0 Å². The van der Waals surface area contributed by atoms with Crippen molar-refractivity contribution in [2.75, 3.05) is 39.6 Å². The summed E-state index contributed by atoms with van der Waals surface area (Å²) in [6.45, 7) is -5.99. The van der Waals surface area contributed by atoms with Crippen LogP contribution >= 0.6 is 0 Å². The molecule has 22 fully saturated rings. The van der Waals surface area contributed by atoms with Gasteiger partial charge in [-0.1, -0.05) is 0 Å². The first-order valence-corrected chi connectivity index (χ1v) is 21.1. The first-order chi connectivity index (χ1) is 31.4. The Kier molecular flexibility index (Phi) is 17.6. The van der Waals surface area contributed by atoms with Crippen LogP contribution in [0.2, 0.25) is 0 Å². The van der Waals surface area contributed by atoms with Crippen molar-refractivity contribution >= 4 is 0 Å². The van der Waals surface area contributed by atoms with Gasteiger partial charge in [0.2, 0.25) is 0 Å². The van der Waals surface area contributed by atoms with Gasteiger partial charge in [-0.05, 0) is 0 Å². The third-order valence-corrected chi connectivity index (χ3v) is 12.7. The number of ether oxygens (including phenoxy) is 12. The van der Waals surface area contributed by atoms with Crippen LogP contribution in [-0.2, 0) is 56.8 Å². The van der Waals surface area contributed by atoms with Crippen LogP contribution in [0.4, 0.5) is 0 Å². The Morgan fingerprint density at radius 1 is 0.182 bits per heavy atom. The summed E-state index contributed by atoms with van der Waals surface area (Å²) >= 11 is 0. The van der Waals surface area contributed by atoms with Crippen LogP contribution in [0.1, 0.15) is 0 Å². The molecule has 0 saturated carbocycles. The van der Waals surface area contributed by atoms with Crippen LogP contribution in [0.25, 0.3) is 0 Å². The minimum absolute atomic E-state index is 0.999. The van der Waals surface area contributed by atoms with Crippen molar-refractivity contribution in [1.29, 1.82) is 0 Å². The highest BCUT2D eigenvalue weighted by Gasteiger charge is 2.58. The average molecular weight is 973 g/mol. The second-order valence-electron chi connectivity index (χ2n) is 16.8. The molecule has 22 saturated heterocycles. The van der Waals surface area contributed by atoms with Crippen LogP contribution in [-0.4, -0.2) is 316 Å². The zero-order valence-corrected chi connectivity index (χ0v) is 34.5. The summed E-state index contributed by atoms with van der Waals surface area (Å²) < 4.78 is 67.9. The van der Waals surface area contributed by atoms with Gasteiger partial charge in [-0.2, -0.15) is 0 Å². The van der Waals surface area contributed by atoms with Gasteiger partial charge < -0.3 is 149 Å². The molecule has 0 radical (unpaired) electrons. The fourth-order valence-corrected chi connectivity index (χ4v) is 8.93. The SMILES string of the molecule is OC[C@H]1OC2O[C@H]3[C@H](O)[C@@H](O)C(O[C@H]4[C@H](O)[C@@H](O)C(O[C@H]5[C@H](O)[C@@H](O)C(O[C@H]6[C@H](O)[C@@H](O)C(O[C@H]7[C@H](O)[C@@H](O)C(O[C@H]1[C@H](O)[C@H]2O)O[C@@H]7CO)O[C@@H]6CO)O[C@@H]5CO)O[C@@H]4CO)O[C@@H]3CO. The van der Waals surface area contributed by atoms with Gasteiger partial charge in [0.25, 0.3) is 0 Å². The molecule has 30 atom stereocenters. The predicted octanol–water partition coefficient (Wildman–Crippen LogP) is -13.1. The van der Waals surface area contributed by atoms with Gasteiger partial charge in [-0.15, -0.1) is 0 Å². The largest absolute Gasteiger partial charge is 0.394 e. The Labute approximate surface area is 372 Å². The Morgan fingerprint density at radius 2 is 0.303 bits per heavy atom. The molecule has 30 nitrogen and oxygen atoms in total. The molecule has 22 heterocycles. The van der Waals surface area contributed by atoms with E-state index in [1.807, 2.05) is 0 Å². The van der Waals surface area contributed by atoms with Crippen molar-refractivity contribution in [1.82, 2.24) is 0 Å². The van der Waals surface area contributed by atoms with Gasteiger partial charge in [-0.25, -0.2) is 0 Å². The maximum atomic E-state index is 11.2. The van der Waals surface area contributed by atoms with E-state index in [0.29, 0.717) is 0 Å². The molecule has 0 aromatic carbocycles. The molecule has 0 amide bonds. The van der Waals surface area contributed by atoms with E-state index >= 15 is 0 Å². The monoisotopic (exact) mass is 972 g/mol. The van der Waals surface area contributed by atoms with Gasteiger partial charge in [-0.3, -0.25) is 0 Å².